The molecule has 1 aliphatic rings. The Bertz CT molecular complexity index is 812. The summed E-state index contributed by atoms with van der Waals surface area (Å²) in [4.78, 5) is 20.4. The Morgan fingerprint density at radius 2 is 1.96 bits per heavy atom. The number of hydrogen-bond donors (Lipinski definition) is 2. The number of H-pyrrole nitrogens is 2. The van der Waals surface area contributed by atoms with Crippen LogP contribution in [-0.2, 0) is 24.0 Å². The van der Waals surface area contributed by atoms with Crippen molar-refractivity contribution in [2.75, 3.05) is 0 Å². The maximum atomic E-state index is 12.5. The third-order valence-corrected chi connectivity index (χ3v) is 6.34. The predicted molar refractivity (Wildman–Crippen MR) is 111 cm³/mol. The van der Waals surface area contributed by atoms with Crippen LogP contribution in [0.2, 0.25) is 0 Å². The molecule has 0 amide bonds. The minimum atomic E-state index is 0.0261. The molecule has 148 valence electrons. The Morgan fingerprint density at radius 1 is 1.22 bits per heavy atom. The van der Waals surface area contributed by atoms with Crippen LogP contribution < -0.4 is 5.56 Å². The quantitative estimate of drug-likeness (QED) is 0.552. The topological polar surface area (TPSA) is 74.4 Å². The van der Waals surface area contributed by atoms with Crippen LogP contribution in [0, 0.1) is 5.92 Å². The van der Waals surface area contributed by atoms with Gasteiger partial charge in [0.1, 0.15) is 0 Å². The van der Waals surface area contributed by atoms with Gasteiger partial charge >= 0.3 is 0 Å². The number of aromatic amines is 2. The highest BCUT2D eigenvalue weighted by atomic mass is 32.2. The molecule has 0 radical (unpaired) electrons. The molecule has 0 bridgehead atoms. The van der Waals surface area contributed by atoms with Gasteiger partial charge in [0.05, 0.1) is 11.4 Å². The summed E-state index contributed by atoms with van der Waals surface area (Å²) in [6.45, 7) is 8.54. The van der Waals surface area contributed by atoms with Crippen molar-refractivity contribution >= 4 is 11.8 Å². The third-order valence-electron chi connectivity index (χ3n) is 5.44. The summed E-state index contributed by atoms with van der Waals surface area (Å²) < 4.78 is 0. The van der Waals surface area contributed by atoms with E-state index in [-0.39, 0.29) is 11.0 Å². The molecule has 0 saturated heterocycles. The Balaban J connectivity index is 1.73. The fourth-order valence-electron chi connectivity index (χ4n) is 3.75. The molecule has 0 unspecified atom stereocenters. The minimum Gasteiger partial charge on any atom is -0.301 e. The van der Waals surface area contributed by atoms with Gasteiger partial charge in [-0.15, -0.1) is 0 Å². The van der Waals surface area contributed by atoms with Gasteiger partial charge in [-0.25, -0.2) is 4.98 Å². The van der Waals surface area contributed by atoms with Crippen molar-refractivity contribution in [1.82, 2.24) is 20.2 Å². The Morgan fingerprint density at radius 3 is 2.59 bits per heavy atom. The number of nitrogens with one attached hydrogen (secondary N) is 2. The number of nitrogens with zero attached hydrogens (tertiary/aromatic N) is 2. The second-order valence-electron chi connectivity index (χ2n) is 8.67. The molecule has 0 atom stereocenters. The fourth-order valence-corrected chi connectivity index (χ4v) is 4.52. The van der Waals surface area contributed by atoms with Gasteiger partial charge in [0.15, 0.2) is 5.16 Å². The standard InChI is InChI=1S/C21H32N4OS/c1-5-16-17(11-14-9-7-6-8-10-14)22-20(23-19(16)26)27-13-15-12-18(25-24-15)21(2,3)4/h12,14H,5-11,13H2,1-4H3,(H,24,25)(H,22,23,26). The van der Waals surface area contributed by atoms with E-state index in [1.807, 2.05) is 6.92 Å². The van der Waals surface area contributed by atoms with Crippen LogP contribution in [0.4, 0.5) is 0 Å². The average Bonchev–Trinajstić information content (AvgIpc) is 3.10. The van der Waals surface area contributed by atoms with E-state index in [4.69, 9.17) is 4.98 Å². The van der Waals surface area contributed by atoms with Gasteiger partial charge in [-0.3, -0.25) is 9.89 Å². The number of thioether (sulfide) groups is 1. The fraction of sp³-hybridized carbons (Fsp3) is 0.667. The highest BCUT2D eigenvalue weighted by Crippen LogP contribution is 2.28. The lowest BCUT2D eigenvalue weighted by atomic mass is 9.85. The summed E-state index contributed by atoms with van der Waals surface area (Å²) in [6, 6.07) is 2.11. The maximum absolute atomic E-state index is 12.5. The van der Waals surface area contributed by atoms with Crippen molar-refractivity contribution < 1.29 is 0 Å². The van der Waals surface area contributed by atoms with Crippen LogP contribution in [0.5, 0.6) is 0 Å². The number of rotatable bonds is 6. The molecule has 1 fully saturated rings. The lowest BCUT2D eigenvalue weighted by Crippen LogP contribution is -2.21. The third kappa shape index (κ3) is 5.24. The summed E-state index contributed by atoms with van der Waals surface area (Å²) in [6.07, 6.45) is 8.19. The summed E-state index contributed by atoms with van der Waals surface area (Å²) in [5.74, 6) is 1.38. The smallest absolute Gasteiger partial charge is 0.254 e. The molecule has 2 aromatic rings. The second kappa shape index (κ2) is 8.63. The summed E-state index contributed by atoms with van der Waals surface area (Å²) in [7, 11) is 0. The normalized spacial score (nSPS) is 16.0. The molecule has 2 heterocycles. The molecule has 0 aromatic carbocycles. The summed E-state index contributed by atoms with van der Waals surface area (Å²) >= 11 is 1.56. The monoisotopic (exact) mass is 388 g/mol. The van der Waals surface area contributed by atoms with Crippen molar-refractivity contribution in [2.45, 2.75) is 89.0 Å². The molecule has 27 heavy (non-hydrogen) atoms. The largest absolute Gasteiger partial charge is 0.301 e. The van der Waals surface area contributed by atoms with Gasteiger partial charge in [-0.2, -0.15) is 5.10 Å². The number of aromatic nitrogens is 4. The SMILES string of the molecule is CCc1c(CC2CCCCC2)nc(SCc2cc(C(C)(C)C)[nH]n2)[nH]c1=O. The van der Waals surface area contributed by atoms with Gasteiger partial charge in [0.2, 0.25) is 0 Å². The van der Waals surface area contributed by atoms with E-state index in [2.05, 4.69) is 42.0 Å². The Hall–Kier alpha value is -1.56. The zero-order chi connectivity index (χ0) is 19.4. The maximum Gasteiger partial charge on any atom is 0.254 e. The van der Waals surface area contributed by atoms with Crippen LogP contribution in [0.15, 0.2) is 16.0 Å². The molecule has 1 aliphatic carbocycles. The predicted octanol–water partition coefficient (Wildman–Crippen LogP) is 4.77. The summed E-state index contributed by atoms with van der Waals surface area (Å²) in [5, 5.41) is 8.24. The molecule has 1 saturated carbocycles. The minimum absolute atomic E-state index is 0.0261. The highest BCUT2D eigenvalue weighted by Gasteiger charge is 2.19. The van der Waals surface area contributed by atoms with E-state index >= 15 is 0 Å². The van der Waals surface area contributed by atoms with Crippen LogP contribution in [0.3, 0.4) is 0 Å². The van der Waals surface area contributed by atoms with E-state index in [1.54, 1.807) is 11.8 Å². The first-order valence-corrected chi connectivity index (χ1v) is 11.1. The van der Waals surface area contributed by atoms with Crippen molar-refractivity contribution in [3.63, 3.8) is 0 Å². The first-order valence-electron chi connectivity index (χ1n) is 10.2. The molecular weight excluding hydrogens is 356 g/mol. The molecule has 0 spiro atoms. The van der Waals surface area contributed by atoms with Gasteiger partial charge in [-0.1, -0.05) is 71.6 Å². The van der Waals surface area contributed by atoms with Crippen LogP contribution in [0.1, 0.15) is 82.4 Å². The lowest BCUT2D eigenvalue weighted by molar-refractivity contribution is 0.352. The van der Waals surface area contributed by atoms with Gasteiger partial charge < -0.3 is 4.98 Å². The Labute approximate surface area is 166 Å². The highest BCUT2D eigenvalue weighted by molar-refractivity contribution is 7.98. The zero-order valence-corrected chi connectivity index (χ0v) is 17.8. The van der Waals surface area contributed by atoms with Gasteiger partial charge in [0, 0.05) is 22.4 Å². The summed E-state index contributed by atoms with van der Waals surface area (Å²) in [5.41, 5.74) is 4.06. The van der Waals surface area contributed by atoms with E-state index in [1.165, 1.54) is 32.1 Å². The first-order chi connectivity index (χ1) is 12.9. The second-order valence-corrected chi connectivity index (χ2v) is 9.63. The van der Waals surface area contributed by atoms with E-state index in [0.29, 0.717) is 16.8 Å². The van der Waals surface area contributed by atoms with Crippen molar-refractivity contribution in [2.24, 2.45) is 5.92 Å². The number of hydrogen-bond acceptors (Lipinski definition) is 4. The Kier molecular flexibility index (Phi) is 6.45. The van der Waals surface area contributed by atoms with Crippen LogP contribution in [-0.4, -0.2) is 20.2 Å². The first kappa shape index (κ1) is 20.2. The average molecular weight is 389 g/mol. The van der Waals surface area contributed by atoms with Crippen LogP contribution in [0.25, 0.3) is 0 Å². The van der Waals surface area contributed by atoms with E-state index < -0.39 is 0 Å². The van der Waals surface area contributed by atoms with Crippen LogP contribution >= 0.6 is 11.8 Å². The molecule has 3 rings (SSSR count). The zero-order valence-electron chi connectivity index (χ0n) is 17.0. The van der Waals surface area contributed by atoms with Crippen molar-refractivity contribution in [3.8, 4) is 0 Å². The van der Waals surface area contributed by atoms with Crippen molar-refractivity contribution in [1.29, 1.82) is 0 Å². The van der Waals surface area contributed by atoms with E-state index in [0.717, 1.165) is 35.5 Å². The molecule has 5 nitrogen and oxygen atoms in total. The van der Waals surface area contributed by atoms with E-state index in [9.17, 15) is 4.79 Å². The molecule has 6 heteroatoms. The molecule has 0 aliphatic heterocycles. The van der Waals surface area contributed by atoms with Gasteiger partial charge in [0.25, 0.3) is 5.56 Å². The molecular formula is C21H32N4OS. The molecule has 2 N–H and O–H groups in total. The van der Waals surface area contributed by atoms with Crippen molar-refractivity contribution in [3.05, 3.63) is 39.1 Å². The lowest BCUT2D eigenvalue weighted by Gasteiger charge is -2.22. The molecule has 2 aromatic heterocycles. The van der Waals surface area contributed by atoms with Gasteiger partial charge in [-0.05, 0) is 24.8 Å².